The number of anilines is 2. The Morgan fingerprint density at radius 3 is 1.63 bits per heavy atom. The molecule has 30 heavy (non-hydrogen) atoms. The summed E-state index contributed by atoms with van der Waals surface area (Å²) in [7, 11) is 0. The second-order valence-electron chi connectivity index (χ2n) is 6.04. The second-order valence-corrected chi connectivity index (χ2v) is 6.04. The van der Waals surface area contributed by atoms with E-state index in [-0.39, 0.29) is 33.8 Å². The van der Waals surface area contributed by atoms with E-state index < -0.39 is 23.8 Å². The van der Waals surface area contributed by atoms with Crippen molar-refractivity contribution in [3.8, 4) is 0 Å². The van der Waals surface area contributed by atoms with Crippen molar-refractivity contribution >= 4 is 35.1 Å². The van der Waals surface area contributed by atoms with Gasteiger partial charge in [0.15, 0.2) is 0 Å². The quantitative estimate of drug-likeness (QED) is 0.493. The summed E-state index contributed by atoms with van der Waals surface area (Å²) in [5.41, 5.74) is 0.187. The molecule has 0 aliphatic rings. The molecule has 1 aromatic heterocycles. The molecule has 0 aliphatic carbocycles. The third kappa shape index (κ3) is 4.47. The molecule has 0 spiro atoms. The highest BCUT2D eigenvalue weighted by Crippen LogP contribution is 2.17. The molecule has 9 heteroatoms. The summed E-state index contributed by atoms with van der Waals surface area (Å²) in [6.45, 7) is 0. The van der Waals surface area contributed by atoms with Crippen LogP contribution in [0.4, 0.5) is 11.4 Å². The number of hydrogen-bond donors (Lipinski definition) is 4. The van der Waals surface area contributed by atoms with Gasteiger partial charge in [0.1, 0.15) is 5.69 Å². The van der Waals surface area contributed by atoms with Crippen molar-refractivity contribution in [2.75, 3.05) is 10.6 Å². The summed E-state index contributed by atoms with van der Waals surface area (Å²) in [5.74, 6) is -3.61. The normalized spacial score (nSPS) is 10.1. The summed E-state index contributed by atoms with van der Waals surface area (Å²) in [4.78, 5) is 51.1. The van der Waals surface area contributed by atoms with Gasteiger partial charge in [0.2, 0.25) is 0 Å². The van der Waals surface area contributed by atoms with Crippen molar-refractivity contribution in [3.63, 3.8) is 0 Å². The van der Waals surface area contributed by atoms with Gasteiger partial charge >= 0.3 is 11.9 Å². The number of carbonyl (C=O) groups is 4. The summed E-state index contributed by atoms with van der Waals surface area (Å²) < 4.78 is 0. The fourth-order valence-electron chi connectivity index (χ4n) is 2.60. The molecule has 0 unspecified atom stereocenters. The Kier molecular flexibility index (Phi) is 5.83. The molecule has 2 amide bonds. The van der Waals surface area contributed by atoms with Crippen molar-refractivity contribution in [1.82, 2.24) is 4.98 Å². The van der Waals surface area contributed by atoms with Gasteiger partial charge in [-0.25, -0.2) is 9.59 Å². The predicted octanol–water partition coefficient (Wildman–Crippen LogP) is 2.98. The first kappa shape index (κ1) is 20.2. The maximum atomic E-state index is 12.4. The molecular formula is C21H15N3O6. The average Bonchev–Trinajstić information content (AvgIpc) is 2.74. The molecule has 0 saturated carbocycles. The number of aromatic nitrogens is 1. The van der Waals surface area contributed by atoms with Crippen molar-refractivity contribution in [3.05, 3.63) is 89.2 Å². The van der Waals surface area contributed by atoms with Gasteiger partial charge in [0.05, 0.1) is 28.1 Å². The molecule has 0 radical (unpaired) electrons. The lowest BCUT2D eigenvalue weighted by Crippen LogP contribution is -2.18. The Bertz CT molecular complexity index is 1050. The van der Waals surface area contributed by atoms with Crippen LogP contribution in [0.15, 0.2) is 66.9 Å². The van der Waals surface area contributed by atoms with Crippen molar-refractivity contribution in [2.45, 2.75) is 0 Å². The molecule has 2 aromatic carbocycles. The highest BCUT2D eigenvalue weighted by atomic mass is 16.4. The zero-order valence-electron chi connectivity index (χ0n) is 15.3. The van der Waals surface area contributed by atoms with Gasteiger partial charge in [-0.3, -0.25) is 14.6 Å². The number of rotatable bonds is 6. The SMILES string of the molecule is O=C(Nc1ccccc1C(=O)O)c1ccc(C(=O)Nc2ccccc2C(=O)O)nc1. The number of carboxylic acid groups (broad SMARTS) is 2. The molecule has 0 fully saturated rings. The second kappa shape index (κ2) is 8.65. The lowest BCUT2D eigenvalue weighted by molar-refractivity contribution is 0.0687. The summed E-state index contributed by atoms with van der Waals surface area (Å²) in [6, 6.07) is 14.5. The van der Waals surface area contributed by atoms with E-state index in [1.807, 2.05) is 0 Å². The fourth-order valence-corrected chi connectivity index (χ4v) is 2.60. The molecule has 150 valence electrons. The zero-order valence-corrected chi connectivity index (χ0v) is 15.3. The Balaban J connectivity index is 1.74. The number of carboxylic acids is 2. The molecule has 0 saturated heterocycles. The first-order chi connectivity index (χ1) is 14.4. The fraction of sp³-hybridized carbons (Fsp3) is 0. The van der Waals surface area contributed by atoms with Gasteiger partial charge < -0.3 is 20.8 Å². The third-order valence-electron chi connectivity index (χ3n) is 4.07. The van der Waals surface area contributed by atoms with Crippen LogP contribution in [0, 0.1) is 0 Å². The summed E-state index contributed by atoms with van der Waals surface area (Å²) >= 11 is 0. The Morgan fingerprint density at radius 1 is 0.667 bits per heavy atom. The first-order valence-electron chi connectivity index (χ1n) is 8.60. The lowest BCUT2D eigenvalue weighted by atomic mass is 10.1. The van der Waals surface area contributed by atoms with E-state index in [1.165, 1.54) is 48.5 Å². The average molecular weight is 405 g/mol. The number of benzene rings is 2. The van der Waals surface area contributed by atoms with E-state index >= 15 is 0 Å². The van der Waals surface area contributed by atoms with Gasteiger partial charge in [-0.1, -0.05) is 24.3 Å². The highest BCUT2D eigenvalue weighted by molar-refractivity contribution is 6.09. The number of nitrogens with one attached hydrogen (secondary N) is 2. The predicted molar refractivity (Wildman–Crippen MR) is 107 cm³/mol. The maximum absolute atomic E-state index is 12.4. The minimum Gasteiger partial charge on any atom is -0.478 e. The van der Waals surface area contributed by atoms with E-state index in [0.717, 1.165) is 6.20 Å². The van der Waals surface area contributed by atoms with Crippen molar-refractivity contribution < 1.29 is 29.4 Å². The number of nitrogens with zero attached hydrogens (tertiary/aromatic N) is 1. The zero-order chi connectivity index (χ0) is 21.7. The minimum absolute atomic E-state index is 0.0299. The van der Waals surface area contributed by atoms with Gasteiger partial charge in [-0.2, -0.15) is 0 Å². The smallest absolute Gasteiger partial charge is 0.337 e. The minimum atomic E-state index is -1.19. The van der Waals surface area contributed by atoms with Crippen molar-refractivity contribution in [1.29, 1.82) is 0 Å². The van der Waals surface area contributed by atoms with Crippen LogP contribution in [0.2, 0.25) is 0 Å². The number of aromatic carboxylic acids is 2. The van der Waals surface area contributed by atoms with E-state index in [4.69, 9.17) is 0 Å². The van der Waals surface area contributed by atoms with Gasteiger partial charge in [-0.05, 0) is 36.4 Å². The van der Waals surface area contributed by atoms with Gasteiger partial charge in [0, 0.05) is 6.20 Å². The van der Waals surface area contributed by atoms with Crippen LogP contribution >= 0.6 is 0 Å². The monoisotopic (exact) mass is 405 g/mol. The maximum Gasteiger partial charge on any atom is 0.337 e. The lowest BCUT2D eigenvalue weighted by Gasteiger charge is -2.09. The molecule has 9 nitrogen and oxygen atoms in total. The summed E-state index contributed by atoms with van der Waals surface area (Å²) in [6.07, 6.45) is 1.16. The molecule has 1 heterocycles. The largest absolute Gasteiger partial charge is 0.478 e. The number of hydrogen-bond acceptors (Lipinski definition) is 5. The molecule has 0 atom stereocenters. The Labute approximate surface area is 170 Å². The first-order valence-corrected chi connectivity index (χ1v) is 8.60. The molecule has 3 rings (SSSR count). The number of carbonyl (C=O) groups excluding carboxylic acids is 2. The van der Waals surface area contributed by atoms with Gasteiger partial charge in [-0.15, -0.1) is 0 Å². The number of pyridine rings is 1. The van der Waals surface area contributed by atoms with Crippen LogP contribution in [-0.4, -0.2) is 39.0 Å². The van der Waals surface area contributed by atoms with Gasteiger partial charge in [0.25, 0.3) is 11.8 Å². The van der Waals surface area contributed by atoms with Crippen LogP contribution in [0.1, 0.15) is 41.6 Å². The Morgan fingerprint density at radius 2 is 1.17 bits per heavy atom. The molecule has 4 N–H and O–H groups in total. The van der Waals surface area contributed by atoms with E-state index in [1.54, 1.807) is 12.1 Å². The molecule has 3 aromatic rings. The molecule has 0 aliphatic heterocycles. The summed E-state index contributed by atoms with van der Waals surface area (Å²) in [5, 5.41) is 23.3. The molecule has 0 bridgehead atoms. The highest BCUT2D eigenvalue weighted by Gasteiger charge is 2.16. The van der Waals surface area contributed by atoms with E-state index in [0.29, 0.717) is 0 Å². The molecular weight excluding hydrogens is 390 g/mol. The van der Waals surface area contributed by atoms with Crippen LogP contribution in [0.5, 0.6) is 0 Å². The van der Waals surface area contributed by atoms with Crippen LogP contribution < -0.4 is 10.6 Å². The van der Waals surface area contributed by atoms with E-state index in [2.05, 4.69) is 15.6 Å². The van der Waals surface area contributed by atoms with Crippen LogP contribution in [0.3, 0.4) is 0 Å². The number of amides is 2. The van der Waals surface area contributed by atoms with Crippen LogP contribution in [-0.2, 0) is 0 Å². The van der Waals surface area contributed by atoms with Crippen molar-refractivity contribution in [2.24, 2.45) is 0 Å². The topological polar surface area (TPSA) is 146 Å². The Hall–Kier alpha value is -4.53. The number of para-hydroxylation sites is 2. The third-order valence-corrected chi connectivity index (χ3v) is 4.07. The van der Waals surface area contributed by atoms with E-state index in [9.17, 15) is 29.4 Å². The standard InChI is InChI=1S/C21H15N3O6/c25-18(23-15-7-3-1-5-13(15)20(27)28)12-9-10-17(22-11-12)19(26)24-16-8-4-2-6-14(16)21(29)30/h1-11H,(H,23,25)(H,24,26)(H,27,28)(H,29,30). The van der Waals surface area contributed by atoms with Crippen LogP contribution in [0.25, 0.3) is 0 Å².